The average molecular weight is 265 g/mol. The second kappa shape index (κ2) is 2.59. The van der Waals surface area contributed by atoms with Gasteiger partial charge in [0.25, 0.3) is 0 Å². The molecule has 0 aromatic heterocycles. The Morgan fingerprint density at radius 1 is 1.27 bits per heavy atom. The first-order chi connectivity index (χ1) is 5.07. The normalized spacial score (nSPS) is 51.5. The molecule has 0 aromatic rings. The first-order valence-electron chi connectivity index (χ1n) is 4.44. The van der Waals surface area contributed by atoms with E-state index < -0.39 is 0 Å². The molecule has 0 radical (unpaired) electrons. The van der Waals surface area contributed by atoms with E-state index in [1.807, 2.05) is 0 Å². The number of nitrogens with zero attached hydrogens (tertiary/aromatic N) is 1. The molecule has 0 aromatic carbocycles. The number of halogens is 1. The van der Waals surface area contributed by atoms with E-state index >= 15 is 0 Å². The molecule has 2 heteroatoms. The van der Waals surface area contributed by atoms with E-state index in [1.165, 1.54) is 25.9 Å². The third-order valence-electron chi connectivity index (χ3n) is 3.13. The van der Waals surface area contributed by atoms with Crippen LogP contribution >= 0.6 is 22.6 Å². The van der Waals surface area contributed by atoms with Gasteiger partial charge in [-0.3, -0.25) is 0 Å². The third-order valence-corrected chi connectivity index (χ3v) is 4.02. The van der Waals surface area contributed by atoms with E-state index in [9.17, 15) is 0 Å². The first-order valence-corrected chi connectivity index (χ1v) is 5.52. The molecular formula is C9H16IN. The first kappa shape index (κ1) is 8.30. The molecule has 1 saturated carbocycles. The maximum atomic E-state index is 2.64. The largest absolute Gasteiger partial charge is 0.306 e. The minimum Gasteiger partial charge on any atom is -0.306 e. The van der Waals surface area contributed by atoms with Crippen LogP contribution in [-0.2, 0) is 0 Å². The van der Waals surface area contributed by atoms with Crippen molar-refractivity contribution in [3.05, 3.63) is 0 Å². The Labute approximate surface area is 82.7 Å². The summed E-state index contributed by atoms with van der Waals surface area (Å²) in [7, 11) is 2.25. The number of likely N-dealkylation sites (tertiary alicyclic amines) is 1. The highest BCUT2D eigenvalue weighted by Crippen LogP contribution is 2.47. The van der Waals surface area contributed by atoms with E-state index in [4.69, 9.17) is 0 Å². The third kappa shape index (κ3) is 1.57. The summed E-state index contributed by atoms with van der Waals surface area (Å²) >= 11 is 2.64. The summed E-state index contributed by atoms with van der Waals surface area (Å²) in [6.45, 7) is 5.11. The highest BCUT2D eigenvalue weighted by Gasteiger charge is 2.44. The summed E-state index contributed by atoms with van der Waals surface area (Å²) in [4.78, 5) is 2.49. The highest BCUT2D eigenvalue weighted by atomic mass is 127. The number of hydrogen-bond donors (Lipinski definition) is 0. The SMILES string of the molecule is CN1CC2CC(C)(I)CC2C1. The maximum absolute atomic E-state index is 2.64. The number of hydrogen-bond acceptors (Lipinski definition) is 1. The molecule has 2 unspecified atom stereocenters. The Kier molecular flexibility index (Phi) is 1.95. The van der Waals surface area contributed by atoms with Crippen molar-refractivity contribution in [2.24, 2.45) is 11.8 Å². The van der Waals surface area contributed by atoms with Crippen LogP contribution in [-0.4, -0.2) is 28.5 Å². The van der Waals surface area contributed by atoms with Gasteiger partial charge in [0.1, 0.15) is 0 Å². The topological polar surface area (TPSA) is 3.24 Å². The smallest absolute Gasteiger partial charge is 0.0200 e. The van der Waals surface area contributed by atoms with Gasteiger partial charge < -0.3 is 4.90 Å². The molecule has 1 aliphatic carbocycles. The maximum Gasteiger partial charge on any atom is 0.0200 e. The van der Waals surface area contributed by atoms with Gasteiger partial charge in [-0.2, -0.15) is 0 Å². The molecule has 2 fully saturated rings. The number of fused-ring (bicyclic) bond motifs is 1. The van der Waals surface area contributed by atoms with Crippen molar-refractivity contribution >= 4 is 22.6 Å². The zero-order valence-corrected chi connectivity index (χ0v) is 9.47. The van der Waals surface area contributed by atoms with Crippen LogP contribution in [0, 0.1) is 11.8 Å². The second-order valence-corrected chi connectivity index (χ2v) is 7.17. The summed E-state index contributed by atoms with van der Waals surface area (Å²) in [5.41, 5.74) is 0. The molecule has 0 N–H and O–H groups in total. The van der Waals surface area contributed by atoms with Gasteiger partial charge in [-0.05, 0) is 31.7 Å². The van der Waals surface area contributed by atoms with Gasteiger partial charge in [0.15, 0.2) is 0 Å². The average Bonchev–Trinajstić information content (AvgIpc) is 2.17. The molecule has 0 bridgehead atoms. The van der Waals surface area contributed by atoms with Gasteiger partial charge in [0.05, 0.1) is 0 Å². The van der Waals surface area contributed by atoms with Crippen molar-refractivity contribution in [3.63, 3.8) is 0 Å². The molecule has 1 saturated heterocycles. The molecule has 1 nitrogen and oxygen atoms in total. The molecule has 64 valence electrons. The lowest BCUT2D eigenvalue weighted by Crippen LogP contribution is -2.20. The molecule has 2 rings (SSSR count). The zero-order valence-electron chi connectivity index (χ0n) is 7.31. The van der Waals surface area contributed by atoms with Crippen LogP contribution in [0.4, 0.5) is 0 Å². The van der Waals surface area contributed by atoms with Crippen molar-refractivity contribution < 1.29 is 0 Å². The van der Waals surface area contributed by atoms with Gasteiger partial charge in [-0.15, -0.1) is 0 Å². The number of rotatable bonds is 0. The molecule has 2 atom stereocenters. The number of alkyl halides is 1. The fourth-order valence-electron chi connectivity index (χ4n) is 2.81. The van der Waals surface area contributed by atoms with Gasteiger partial charge in [-0.1, -0.05) is 29.5 Å². The van der Waals surface area contributed by atoms with Gasteiger partial charge in [-0.25, -0.2) is 0 Å². The summed E-state index contributed by atoms with van der Waals surface area (Å²) in [6, 6.07) is 0. The molecule has 1 heterocycles. The second-order valence-electron chi connectivity index (χ2n) is 4.56. The summed E-state index contributed by atoms with van der Waals surface area (Å²) in [6.07, 6.45) is 2.89. The molecular weight excluding hydrogens is 249 g/mol. The summed E-state index contributed by atoms with van der Waals surface area (Å²) < 4.78 is 0.619. The van der Waals surface area contributed by atoms with E-state index in [-0.39, 0.29) is 0 Å². The molecule has 1 aliphatic heterocycles. The Morgan fingerprint density at radius 3 is 2.18 bits per heavy atom. The molecule has 0 spiro atoms. The van der Waals surface area contributed by atoms with Crippen molar-refractivity contribution in [2.45, 2.75) is 23.2 Å². The predicted molar refractivity (Wildman–Crippen MR) is 56.1 cm³/mol. The fraction of sp³-hybridized carbons (Fsp3) is 1.00. The lowest BCUT2D eigenvalue weighted by atomic mass is 10.0. The van der Waals surface area contributed by atoms with Crippen molar-refractivity contribution in [3.8, 4) is 0 Å². The van der Waals surface area contributed by atoms with Crippen molar-refractivity contribution in [1.29, 1.82) is 0 Å². The van der Waals surface area contributed by atoms with Gasteiger partial charge in [0.2, 0.25) is 0 Å². The quantitative estimate of drug-likeness (QED) is 0.479. The van der Waals surface area contributed by atoms with Crippen LogP contribution in [0.15, 0.2) is 0 Å². The van der Waals surface area contributed by atoms with Crippen LogP contribution in [0.1, 0.15) is 19.8 Å². The van der Waals surface area contributed by atoms with Crippen LogP contribution in [0.3, 0.4) is 0 Å². The molecule has 0 amide bonds. The molecule has 11 heavy (non-hydrogen) atoms. The lowest BCUT2D eigenvalue weighted by molar-refractivity contribution is 0.371. The van der Waals surface area contributed by atoms with Crippen molar-refractivity contribution in [2.75, 3.05) is 20.1 Å². The zero-order chi connectivity index (χ0) is 8.06. The Hall–Kier alpha value is 0.690. The van der Waals surface area contributed by atoms with Gasteiger partial charge >= 0.3 is 0 Å². The van der Waals surface area contributed by atoms with Crippen molar-refractivity contribution in [1.82, 2.24) is 4.90 Å². The minimum atomic E-state index is 0.619. The van der Waals surface area contributed by atoms with Crippen LogP contribution in [0.25, 0.3) is 0 Å². The van der Waals surface area contributed by atoms with Crippen LogP contribution in [0.2, 0.25) is 0 Å². The van der Waals surface area contributed by atoms with E-state index in [2.05, 4.69) is 41.5 Å². The van der Waals surface area contributed by atoms with E-state index in [0.717, 1.165) is 11.8 Å². The van der Waals surface area contributed by atoms with Crippen LogP contribution < -0.4 is 0 Å². The minimum absolute atomic E-state index is 0.619. The van der Waals surface area contributed by atoms with E-state index in [1.54, 1.807) is 0 Å². The van der Waals surface area contributed by atoms with Crippen LogP contribution in [0.5, 0.6) is 0 Å². The Bertz CT molecular complexity index is 151. The predicted octanol–water partition coefficient (Wildman–Crippen LogP) is 2.15. The summed E-state index contributed by atoms with van der Waals surface area (Å²) in [5.74, 6) is 2.03. The van der Waals surface area contributed by atoms with Gasteiger partial charge in [0, 0.05) is 16.5 Å². The Balaban J connectivity index is 2.04. The monoisotopic (exact) mass is 265 g/mol. The fourth-order valence-corrected chi connectivity index (χ4v) is 3.94. The summed E-state index contributed by atoms with van der Waals surface area (Å²) in [5, 5.41) is 0. The molecule has 2 aliphatic rings. The lowest BCUT2D eigenvalue weighted by Gasteiger charge is -2.18. The standard InChI is InChI=1S/C9H16IN/c1-9(10)3-7-5-11(2)6-8(7)4-9/h7-8H,3-6H2,1-2H3. The Morgan fingerprint density at radius 2 is 1.73 bits per heavy atom. The van der Waals surface area contributed by atoms with E-state index in [0.29, 0.717) is 3.42 Å². The highest BCUT2D eigenvalue weighted by molar-refractivity contribution is 14.1.